The Labute approximate surface area is 137 Å². The number of hydrogen-bond donors (Lipinski definition) is 0. The van der Waals surface area contributed by atoms with Crippen molar-refractivity contribution in [2.45, 2.75) is 6.18 Å². The van der Waals surface area contributed by atoms with E-state index in [0.717, 1.165) is 12.1 Å². The van der Waals surface area contributed by atoms with Crippen molar-refractivity contribution in [3.05, 3.63) is 52.8 Å². The summed E-state index contributed by atoms with van der Waals surface area (Å²) >= 11 is 11.0. The predicted octanol–water partition coefficient (Wildman–Crippen LogP) is 4.45. The molecule has 0 saturated carbocycles. The molecule has 0 unspecified atom stereocenters. The molecule has 3 aromatic rings. The Morgan fingerprint density at radius 2 is 1.78 bits per heavy atom. The van der Waals surface area contributed by atoms with Gasteiger partial charge in [-0.3, -0.25) is 4.79 Å². The summed E-state index contributed by atoms with van der Waals surface area (Å²) in [7, 11) is 0. The maximum atomic E-state index is 13.3. The molecule has 0 bridgehead atoms. The van der Waals surface area contributed by atoms with Crippen LogP contribution in [-0.2, 0) is 6.18 Å². The first-order valence-electron chi connectivity index (χ1n) is 6.19. The van der Waals surface area contributed by atoms with Crippen LogP contribution < -0.4 is 0 Å². The second-order valence-corrected chi connectivity index (χ2v) is 5.38. The first kappa shape index (κ1) is 15.8. The molecule has 0 amide bonds. The van der Waals surface area contributed by atoms with Crippen LogP contribution in [0.15, 0.2) is 36.4 Å². The van der Waals surface area contributed by atoms with Crippen LogP contribution in [0.3, 0.4) is 0 Å². The van der Waals surface area contributed by atoms with E-state index in [0.29, 0.717) is 15.1 Å². The lowest BCUT2D eigenvalue weighted by Crippen LogP contribution is -2.14. The molecule has 2 aromatic heterocycles. The standard InChI is InChI=1S/C14H6Cl2F3N3O/c15-8-3-1-7(2-4-8)9-5-11(14(17,18)19)22-12(20-9)6-10(21-22)13(16)23/h1-6H. The van der Waals surface area contributed by atoms with E-state index in [1.165, 1.54) is 0 Å². The lowest BCUT2D eigenvalue weighted by Gasteiger charge is -2.11. The molecule has 0 aliphatic rings. The third-order valence-corrected chi connectivity index (χ3v) is 3.50. The van der Waals surface area contributed by atoms with Gasteiger partial charge in [-0.05, 0) is 29.8 Å². The molecule has 0 atom stereocenters. The van der Waals surface area contributed by atoms with Gasteiger partial charge in [-0.25, -0.2) is 9.50 Å². The smallest absolute Gasteiger partial charge is 0.274 e. The van der Waals surface area contributed by atoms with Crippen molar-refractivity contribution in [3.8, 4) is 11.3 Å². The maximum Gasteiger partial charge on any atom is 0.433 e. The van der Waals surface area contributed by atoms with Gasteiger partial charge in [0.25, 0.3) is 5.24 Å². The highest BCUT2D eigenvalue weighted by molar-refractivity contribution is 6.67. The number of rotatable bonds is 2. The third kappa shape index (κ3) is 3.02. The van der Waals surface area contributed by atoms with E-state index in [1.54, 1.807) is 24.3 Å². The van der Waals surface area contributed by atoms with Gasteiger partial charge in [0.2, 0.25) is 0 Å². The first-order valence-corrected chi connectivity index (χ1v) is 6.95. The van der Waals surface area contributed by atoms with Gasteiger partial charge in [-0.15, -0.1) is 0 Å². The number of fused-ring (bicyclic) bond motifs is 1. The van der Waals surface area contributed by atoms with Crippen molar-refractivity contribution in [1.82, 2.24) is 14.6 Å². The number of hydrogen-bond acceptors (Lipinski definition) is 3. The minimum Gasteiger partial charge on any atom is -0.274 e. The zero-order chi connectivity index (χ0) is 16.8. The highest BCUT2D eigenvalue weighted by atomic mass is 35.5. The second-order valence-electron chi connectivity index (χ2n) is 4.60. The summed E-state index contributed by atoms with van der Waals surface area (Å²) in [5, 5.41) is 3.05. The van der Waals surface area contributed by atoms with Crippen molar-refractivity contribution in [1.29, 1.82) is 0 Å². The predicted molar refractivity (Wildman–Crippen MR) is 78.6 cm³/mol. The Morgan fingerprint density at radius 3 is 2.35 bits per heavy atom. The highest BCUT2D eigenvalue weighted by Gasteiger charge is 2.35. The zero-order valence-corrected chi connectivity index (χ0v) is 12.6. The summed E-state index contributed by atoms with van der Waals surface area (Å²) < 4.78 is 40.3. The van der Waals surface area contributed by atoms with Gasteiger partial charge < -0.3 is 0 Å². The number of carbonyl (C=O) groups excluding carboxylic acids is 1. The summed E-state index contributed by atoms with van der Waals surface area (Å²) in [6, 6.07) is 8.13. The van der Waals surface area contributed by atoms with E-state index in [-0.39, 0.29) is 17.0 Å². The van der Waals surface area contributed by atoms with Crippen molar-refractivity contribution in [2.24, 2.45) is 0 Å². The van der Waals surface area contributed by atoms with E-state index in [2.05, 4.69) is 10.1 Å². The summed E-state index contributed by atoms with van der Waals surface area (Å²) in [6.07, 6.45) is -4.68. The zero-order valence-electron chi connectivity index (χ0n) is 11.1. The lowest BCUT2D eigenvalue weighted by atomic mass is 10.1. The topological polar surface area (TPSA) is 47.3 Å². The highest BCUT2D eigenvalue weighted by Crippen LogP contribution is 2.32. The maximum absolute atomic E-state index is 13.3. The van der Waals surface area contributed by atoms with Crippen LogP contribution in [0.2, 0.25) is 5.02 Å². The van der Waals surface area contributed by atoms with E-state index >= 15 is 0 Å². The monoisotopic (exact) mass is 359 g/mol. The molecular weight excluding hydrogens is 354 g/mol. The van der Waals surface area contributed by atoms with Gasteiger partial charge in [0, 0.05) is 16.7 Å². The summed E-state index contributed by atoms with van der Waals surface area (Å²) in [6.45, 7) is 0. The Morgan fingerprint density at radius 1 is 1.13 bits per heavy atom. The minimum absolute atomic E-state index is 0.0787. The molecule has 0 spiro atoms. The summed E-state index contributed by atoms with van der Waals surface area (Å²) in [4.78, 5) is 15.2. The summed E-state index contributed by atoms with van der Waals surface area (Å²) in [5.74, 6) is 0. The van der Waals surface area contributed by atoms with Gasteiger partial charge in [0.1, 0.15) is 5.69 Å². The fourth-order valence-corrected chi connectivity index (χ4v) is 2.26. The van der Waals surface area contributed by atoms with Crippen molar-refractivity contribution in [3.63, 3.8) is 0 Å². The molecule has 2 heterocycles. The van der Waals surface area contributed by atoms with E-state index < -0.39 is 17.1 Å². The fraction of sp³-hybridized carbons (Fsp3) is 0.0714. The van der Waals surface area contributed by atoms with Crippen LogP contribution in [0.5, 0.6) is 0 Å². The van der Waals surface area contributed by atoms with E-state index in [4.69, 9.17) is 23.2 Å². The fourth-order valence-electron chi connectivity index (χ4n) is 2.04. The van der Waals surface area contributed by atoms with E-state index in [9.17, 15) is 18.0 Å². The largest absolute Gasteiger partial charge is 0.433 e. The van der Waals surface area contributed by atoms with Crippen LogP contribution in [0, 0.1) is 0 Å². The molecule has 4 nitrogen and oxygen atoms in total. The molecule has 1 aromatic carbocycles. The Hall–Kier alpha value is -2.12. The van der Waals surface area contributed by atoms with Crippen LogP contribution in [-0.4, -0.2) is 19.8 Å². The van der Waals surface area contributed by atoms with Crippen LogP contribution in [0.25, 0.3) is 16.9 Å². The Kier molecular flexibility index (Phi) is 3.77. The quantitative estimate of drug-likeness (QED) is 0.635. The molecule has 0 saturated heterocycles. The van der Waals surface area contributed by atoms with Gasteiger partial charge in [0.15, 0.2) is 11.3 Å². The normalized spacial score (nSPS) is 11.9. The van der Waals surface area contributed by atoms with Crippen molar-refractivity contribution >= 4 is 34.1 Å². The average molecular weight is 360 g/mol. The molecule has 0 fully saturated rings. The second kappa shape index (κ2) is 5.50. The van der Waals surface area contributed by atoms with Gasteiger partial charge in [-0.1, -0.05) is 23.7 Å². The molecular formula is C14H6Cl2F3N3O. The Bertz CT molecular complexity index is 904. The lowest BCUT2D eigenvalue weighted by molar-refractivity contribution is -0.142. The molecule has 0 N–H and O–H groups in total. The Balaban J connectivity index is 2.28. The SMILES string of the molecule is O=C(Cl)c1cc2nc(-c3ccc(Cl)cc3)cc(C(F)(F)F)n2n1. The summed E-state index contributed by atoms with van der Waals surface area (Å²) in [5.41, 5.74) is -0.972. The minimum atomic E-state index is -4.68. The number of alkyl halides is 3. The molecule has 9 heteroatoms. The van der Waals surface area contributed by atoms with Crippen molar-refractivity contribution < 1.29 is 18.0 Å². The third-order valence-electron chi connectivity index (χ3n) is 3.06. The molecule has 3 rings (SSSR count). The molecule has 0 radical (unpaired) electrons. The number of halogens is 5. The number of nitrogens with zero attached hydrogens (tertiary/aromatic N) is 3. The van der Waals surface area contributed by atoms with Crippen LogP contribution >= 0.6 is 23.2 Å². The molecule has 118 valence electrons. The number of benzene rings is 1. The van der Waals surface area contributed by atoms with Gasteiger partial charge in [-0.2, -0.15) is 18.3 Å². The number of aromatic nitrogens is 3. The van der Waals surface area contributed by atoms with Gasteiger partial charge in [0.05, 0.1) is 5.69 Å². The molecule has 23 heavy (non-hydrogen) atoms. The van der Waals surface area contributed by atoms with Crippen molar-refractivity contribution in [2.75, 3.05) is 0 Å². The van der Waals surface area contributed by atoms with E-state index in [1.807, 2.05) is 0 Å². The number of carbonyl (C=O) groups is 1. The molecule has 0 aliphatic heterocycles. The average Bonchev–Trinajstić information content (AvgIpc) is 2.90. The van der Waals surface area contributed by atoms with Crippen LogP contribution in [0.1, 0.15) is 16.2 Å². The first-order chi connectivity index (χ1) is 10.8. The van der Waals surface area contributed by atoms with Gasteiger partial charge >= 0.3 is 6.18 Å². The molecule has 0 aliphatic carbocycles. The van der Waals surface area contributed by atoms with Crippen LogP contribution in [0.4, 0.5) is 13.2 Å².